The van der Waals surface area contributed by atoms with Crippen molar-refractivity contribution in [2.75, 3.05) is 0 Å². The van der Waals surface area contributed by atoms with Crippen LogP contribution in [0.3, 0.4) is 0 Å². The lowest BCUT2D eigenvalue weighted by molar-refractivity contribution is 0.481. The molecule has 0 aliphatic heterocycles. The molecule has 126 valence electrons. The average molecular weight is 350 g/mol. The Morgan fingerprint density at radius 2 is 2.00 bits per heavy atom. The van der Waals surface area contributed by atoms with Gasteiger partial charge in [-0.3, -0.25) is 0 Å². The van der Waals surface area contributed by atoms with E-state index in [1.807, 2.05) is 18.3 Å². The van der Waals surface area contributed by atoms with Crippen LogP contribution in [0.5, 0.6) is 0 Å². The predicted octanol–water partition coefficient (Wildman–Crippen LogP) is 5.53. The highest BCUT2D eigenvalue weighted by Crippen LogP contribution is 2.40. The number of fused-ring (bicyclic) bond motifs is 1. The van der Waals surface area contributed by atoms with Crippen LogP contribution in [0.4, 0.5) is 0 Å². The highest BCUT2D eigenvalue weighted by atomic mass is 35.5. The van der Waals surface area contributed by atoms with Crippen molar-refractivity contribution < 1.29 is 0 Å². The molecule has 25 heavy (non-hydrogen) atoms. The van der Waals surface area contributed by atoms with Crippen LogP contribution in [0.2, 0.25) is 5.02 Å². The zero-order chi connectivity index (χ0) is 17.4. The molecule has 0 amide bonds. The third-order valence-corrected chi connectivity index (χ3v) is 5.35. The summed E-state index contributed by atoms with van der Waals surface area (Å²) in [7, 11) is 0. The molecular formula is C21H20ClN3. The van der Waals surface area contributed by atoms with Gasteiger partial charge in [0.25, 0.3) is 0 Å². The van der Waals surface area contributed by atoms with E-state index in [2.05, 4.69) is 60.3 Å². The van der Waals surface area contributed by atoms with Gasteiger partial charge in [0.2, 0.25) is 0 Å². The van der Waals surface area contributed by atoms with E-state index in [-0.39, 0.29) is 0 Å². The molecule has 1 aliphatic carbocycles. The lowest BCUT2D eigenvalue weighted by Gasteiger charge is -2.23. The van der Waals surface area contributed by atoms with Crippen LogP contribution in [0, 0.1) is 11.8 Å². The molecule has 3 nitrogen and oxygen atoms in total. The van der Waals surface area contributed by atoms with Gasteiger partial charge in [-0.2, -0.15) is 5.10 Å². The summed E-state index contributed by atoms with van der Waals surface area (Å²) >= 11 is 6.28. The van der Waals surface area contributed by atoms with Crippen molar-refractivity contribution in [2.24, 2.45) is 11.8 Å². The second kappa shape index (κ2) is 6.49. The largest absolute Gasteiger partial charge is 0.221 e. The van der Waals surface area contributed by atoms with Crippen LogP contribution in [-0.2, 0) is 0 Å². The van der Waals surface area contributed by atoms with Crippen LogP contribution in [0.1, 0.15) is 31.4 Å². The summed E-state index contributed by atoms with van der Waals surface area (Å²) in [6.07, 6.45) is 9.15. The molecule has 0 bridgehead atoms. The van der Waals surface area contributed by atoms with E-state index in [0.29, 0.717) is 11.8 Å². The number of rotatable bonds is 2. The SMILES string of the molecule is CC1CC=CC(c2ccn3ncnc3c2)=C(c2cccc(Cl)c2)C1C. The third-order valence-electron chi connectivity index (χ3n) is 5.12. The van der Waals surface area contributed by atoms with E-state index >= 15 is 0 Å². The molecule has 2 aromatic heterocycles. The molecular weight excluding hydrogens is 330 g/mol. The van der Waals surface area contributed by atoms with E-state index in [4.69, 9.17) is 11.6 Å². The van der Waals surface area contributed by atoms with Crippen molar-refractivity contribution >= 4 is 28.4 Å². The van der Waals surface area contributed by atoms with Crippen LogP contribution in [-0.4, -0.2) is 14.6 Å². The summed E-state index contributed by atoms with van der Waals surface area (Å²) in [6.45, 7) is 4.62. The second-order valence-electron chi connectivity index (χ2n) is 6.72. The smallest absolute Gasteiger partial charge is 0.155 e. The van der Waals surface area contributed by atoms with E-state index in [1.54, 1.807) is 10.8 Å². The lowest BCUT2D eigenvalue weighted by atomic mass is 9.81. The first kappa shape index (κ1) is 16.1. The maximum absolute atomic E-state index is 6.28. The Hall–Kier alpha value is -2.39. The third kappa shape index (κ3) is 3.00. The molecule has 0 radical (unpaired) electrons. The number of hydrogen-bond acceptors (Lipinski definition) is 2. The Kier molecular flexibility index (Phi) is 4.18. The zero-order valence-electron chi connectivity index (χ0n) is 14.4. The molecule has 3 aromatic rings. The van der Waals surface area contributed by atoms with E-state index in [9.17, 15) is 0 Å². The molecule has 0 fully saturated rings. The first-order valence-electron chi connectivity index (χ1n) is 8.60. The zero-order valence-corrected chi connectivity index (χ0v) is 15.1. The number of halogens is 1. The Morgan fingerprint density at radius 3 is 2.84 bits per heavy atom. The fraction of sp³-hybridized carbons (Fsp3) is 0.238. The van der Waals surface area contributed by atoms with Gasteiger partial charge < -0.3 is 0 Å². The minimum absolute atomic E-state index is 0.428. The maximum Gasteiger partial charge on any atom is 0.155 e. The Balaban J connectivity index is 1.96. The number of aromatic nitrogens is 3. The van der Waals surface area contributed by atoms with Crippen molar-refractivity contribution in [3.63, 3.8) is 0 Å². The van der Waals surface area contributed by atoms with E-state index in [1.165, 1.54) is 16.7 Å². The molecule has 0 saturated heterocycles. The van der Waals surface area contributed by atoms with Crippen LogP contribution in [0.25, 0.3) is 16.8 Å². The van der Waals surface area contributed by atoms with Gasteiger partial charge in [0.1, 0.15) is 6.33 Å². The summed E-state index contributed by atoms with van der Waals surface area (Å²) in [4.78, 5) is 4.33. The first-order chi connectivity index (χ1) is 12.1. The number of nitrogens with zero attached hydrogens (tertiary/aromatic N) is 3. The highest BCUT2D eigenvalue weighted by Gasteiger charge is 2.23. The number of allylic oxidation sites excluding steroid dienone is 4. The molecule has 0 spiro atoms. The summed E-state index contributed by atoms with van der Waals surface area (Å²) < 4.78 is 1.79. The van der Waals surface area contributed by atoms with E-state index in [0.717, 1.165) is 22.7 Å². The topological polar surface area (TPSA) is 30.2 Å². The fourth-order valence-corrected chi connectivity index (χ4v) is 3.72. The van der Waals surface area contributed by atoms with Gasteiger partial charge in [-0.05, 0) is 64.8 Å². The van der Waals surface area contributed by atoms with Crippen LogP contribution >= 0.6 is 11.6 Å². The van der Waals surface area contributed by atoms with Crippen molar-refractivity contribution in [1.82, 2.24) is 14.6 Å². The average Bonchev–Trinajstić information content (AvgIpc) is 3.02. The van der Waals surface area contributed by atoms with Gasteiger partial charge in [-0.15, -0.1) is 0 Å². The molecule has 0 saturated carbocycles. The first-order valence-corrected chi connectivity index (χ1v) is 8.97. The second-order valence-corrected chi connectivity index (χ2v) is 7.16. The Labute approximate surface area is 152 Å². The van der Waals surface area contributed by atoms with Crippen molar-refractivity contribution in [2.45, 2.75) is 20.3 Å². The maximum atomic E-state index is 6.28. The summed E-state index contributed by atoms with van der Waals surface area (Å²) in [5.74, 6) is 0.997. The normalized spacial score (nSPS) is 20.9. The van der Waals surface area contributed by atoms with Crippen molar-refractivity contribution in [3.05, 3.63) is 77.2 Å². The molecule has 0 N–H and O–H groups in total. The molecule has 4 rings (SSSR count). The van der Waals surface area contributed by atoms with E-state index < -0.39 is 0 Å². The van der Waals surface area contributed by atoms with Gasteiger partial charge in [-0.25, -0.2) is 9.50 Å². The molecule has 1 aliphatic rings. The van der Waals surface area contributed by atoms with Gasteiger partial charge in [0, 0.05) is 11.2 Å². The van der Waals surface area contributed by atoms with Gasteiger partial charge >= 0.3 is 0 Å². The van der Waals surface area contributed by atoms with Crippen molar-refractivity contribution in [3.8, 4) is 0 Å². The Morgan fingerprint density at radius 1 is 1.12 bits per heavy atom. The molecule has 1 aromatic carbocycles. The Bertz CT molecular complexity index is 983. The lowest BCUT2D eigenvalue weighted by Crippen LogP contribution is -2.10. The van der Waals surface area contributed by atoms with Crippen LogP contribution < -0.4 is 0 Å². The van der Waals surface area contributed by atoms with Crippen molar-refractivity contribution in [1.29, 1.82) is 0 Å². The van der Waals surface area contributed by atoms with Gasteiger partial charge in [0.05, 0.1) is 0 Å². The molecule has 2 atom stereocenters. The molecule has 2 heterocycles. The molecule has 4 heteroatoms. The summed E-state index contributed by atoms with van der Waals surface area (Å²) in [6, 6.07) is 12.4. The quantitative estimate of drug-likeness (QED) is 0.609. The minimum atomic E-state index is 0.428. The van der Waals surface area contributed by atoms with Crippen LogP contribution in [0.15, 0.2) is 61.1 Å². The number of pyridine rings is 1. The fourth-order valence-electron chi connectivity index (χ4n) is 3.53. The van der Waals surface area contributed by atoms with Gasteiger partial charge in [0.15, 0.2) is 5.65 Å². The number of hydrogen-bond donors (Lipinski definition) is 0. The summed E-state index contributed by atoms with van der Waals surface area (Å²) in [5, 5.41) is 4.96. The van der Waals surface area contributed by atoms with Gasteiger partial charge in [-0.1, -0.05) is 49.7 Å². The monoisotopic (exact) mass is 349 g/mol. The highest BCUT2D eigenvalue weighted by molar-refractivity contribution is 6.30. The number of benzene rings is 1. The summed E-state index contributed by atoms with van der Waals surface area (Å²) in [5.41, 5.74) is 5.79. The standard InChI is InChI=1S/C21H20ClN3/c1-14-5-3-8-19(16-9-10-25-20(12-16)23-13-24-25)21(15(14)2)17-6-4-7-18(22)11-17/h3-4,6-15H,5H2,1-2H3. The predicted molar refractivity (Wildman–Crippen MR) is 103 cm³/mol. The molecule has 2 unspecified atom stereocenters. The minimum Gasteiger partial charge on any atom is -0.221 e.